The first-order chi connectivity index (χ1) is 11.8. The summed E-state index contributed by atoms with van der Waals surface area (Å²) >= 11 is 0. The fourth-order valence-electron chi connectivity index (χ4n) is 2.68. The normalized spacial score (nSPS) is 10.7. The Kier molecular flexibility index (Phi) is 5.70. The molecule has 0 spiro atoms. The van der Waals surface area contributed by atoms with Crippen molar-refractivity contribution >= 4 is 0 Å². The highest BCUT2D eigenvalue weighted by molar-refractivity contribution is 5.62. The molecule has 3 rings (SSSR count). The summed E-state index contributed by atoms with van der Waals surface area (Å²) in [5.41, 5.74) is 4.50. The smallest absolute Gasteiger partial charge is 0.123 e. The second-order valence-corrected chi connectivity index (χ2v) is 5.85. The van der Waals surface area contributed by atoms with Crippen molar-refractivity contribution in [2.45, 2.75) is 19.4 Å². The Morgan fingerprint density at radius 3 is 2.42 bits per heavy atom. The van der Waals surface area contributed by atoms with Crippen molar-refractivity contribution in [2.24, 2.45) is 0 Å². The molecular weight excluding hydrogens is 299 g/mol. The Bertz CT molecular complexity index is 754. The minimum Gasteiger partial charge on any atom is -0.313 e. The van der Waals surface area contributed by atoms with Crippen LogP contribution in [0.15, 0.2) is 73.1 Å². The van der Waals surface area contributed by atoms with Crippen molar-refractivity contribution in [3.8, 4) is 11.1 Å². The van der Waals surface area contributed by atoms with E-state index in [4.69, 9.17) is 0 Å². The van der Waals surface area contributed by atoms with E-state index in [0.29, 0.717) is 0 Å². The molecule has 3 aromatic rings. The van der Waals surface area contributed by atoms with Gasteiger partial charge in [-0.15, -0.1) is 0 Å². The average Bonchev–Trinajstić information content (AvgIpc) is 2.63. The number of halogens is 1. The van der Waals surface area contributed by atoms with Gasteiger partial charge < -0.3 is 5.32 Å². The summed E-state index contributed by atoms with van der Waals surface area (Å²) in [5, 5.41) is 3.46. The lowest BCUT2D eigenvalue weighted by molar-refractivity contribution is 0.628. The molecule has 1 heterocycles. The molecule has 24 heavy (non-hydrogen) atoms. The number of pyridine rings is 1. The van der Waals surface area contributed by atoms with Crippen molar-refractivity contribution < 1.29 is 4.39 Å². The van der Waals surface area contributed by atoms with Crippen molar-refractivity contribution in [3.05, 3.63) is 90.0 Å². The predicted octanol–water partition coefficient (Wildman–Crippen LogP) is 4.61. The maximum absolute atomic E-state index is 13.0. The van der Waals surface area contributed by atoms with Gasteiger partial charge in [0.25, 0.3) is 0 Å². The summed E-state index contributed by atoms with van der Waals surface area (Å²) < 4.78 is 13.0. The van der Waals surface area contributed by atoms with Gasteiger partial charge in [0.2, 0.25) is 0 Å². The molecular formula is C21H21FN2. The summed E-state index contributed by atoms with van der Waals surface area (Å²) in [6, 6.07) is 19.1. The number of hydrogen-bond donors (Lipinski definition) is 1. The summed E-state index contributed by atoms with van der Waals surface area (Å²) in [7, 11) is 0. The fourth-order valence-corrected chi connectivity index (χ4v) is 2.68. The second-order valence-electron chi connectivity index (χ2n) is 5.85. The molecule has 0 aliphatic heterocycles. The molecule has 0 aliphatic rings. The molecule has 0 saturated heterocycles. The molecule has 1 aromatic heterocycles. The quantitative estimate of drug-likeness (QED) is 0.643. The Morgan fingerprint density at radius 1 is 0.833 bits per heavy atom. The molecule has 1 N–H and O–H groups in total. The predicted molar refractivity (Wildman–Crippen MR) is 96.1 cm³/mol. The van der Waals surface area contributed by atoms with Gasteiger partial charge in [-0.3, -0.25) is 4.98 Å². The van der Waals surface area contributed by atoms with Crippen LogP contribution in [0, 0.1) is 5.82 Å². The number of rotatable bonds is 7. The first-order valence-corrected chi connectivity index (χ1v) is 8.26. The summed E-state index contributed by atoms with van der Waals surface area (Å²) in [6.45, 7) is 1.76. The van der Waals surface area contributed by atoms with E-state index in [0.717, 1.165) is 42.6 Å². The lowest BCUT2D eigenvalue weighted by atomic mass is 10.1. The molecule has 0 saturated carbocycles. The minimum atomic E-state index is -0.219. The van der Waals surface area contributed by atoms with Crippen LogP contribution in [0.25, 0.3) is 11.1 Å². The molecule has 0 fully saturated rings. The van der Waals surface area contributed by atoms with Crippen molar-refractivity contribution in [2.75, 3.05) is 6.54 Å². The van der Waals surface area contributed by atoms with Gasteiger partial charge in [0.05, 0.1) is 0 Å². The highest BCUT2D eigenvalue weighted by Crippen LogP contribution is 2.19. The van der Waals surface area contributed by atoms with Crippen molar-refractivity contribution in [1.29, 1.82) is 0 Å². The average molecular weight is 320 g/mol. The van der Waals surface area contributed by atoms with Gasteiger partial charge >= 0.3 is 0 Å². The monoisotopic (exact) mass is 320 g/mol. The highest BCUT2D eigenvalue weighted by atomic mass is 19.1. The zero-order valence-corrected chi connectivity index (χ0v) is 13.6. The number of aryl methyl sites for hydroxylation is 1. The Balaban J connectivity index is 1.49. The SMILES string of the molecule is Fc1ccc(-c2cncc(CNCCCc3ccccc3)c2)cc1. The minimum absolute atomic E-state index is 0.219. The van der Waals surface area contributed by atoms with E-state index >= 15 is 0 Å². The Hall–Kier alpha value is -2.52. The van der Waals surface area contributed by atoms with E-state index in [1.54, 1.807) is 12.1 Å². The van der Waals surface area contributed by atoms with Crippen molar-refractivity contribution in [1.82, 2.24) is 10.3 Å². The Morgan fingerprint density at radius 2 is 1.62 bits per heavy atom. The van der Waals surface area contributed by atoms with E-state index in [1.165, 1.54) is 17.7 Å². The molecule has 0 radical (unpaired) electrons. The standard InChI is InChI=1S/C21H21FN2/c22-21-10-8-19(9-11-21)20-13-18(15-24-16-20)14-23-12-4-7-17-5-2-1-3-6-17/h1-3,5-6,8-11,13,15-16,23H,4,7,12,14H2. The van der Waals surface area contributed by atoms with E-state index in [2.05, 4.69) is 40.6 Å². The topological polar surface area (TPSA) is 24.9 Å². The zero-order chi connectivity index (χ0) is 16.6. The summed E-state index contributed by atoms with van der Waals surface area (Å²) in [4.78, 5) is 4.30. The first kappa shape index (κ1) is 16.3. The number of nitrogens with one attached hydrogen (secondary N) is 1. The van der Waals surface area contributed by atoms with Crippen LogP contribution in [0.2, 0.25) is 0 Å². The number of aromatic nitrogens is 1. The Labute approximate surface area is 142 Å². The van der Waals surface area contributed by atoms with Gasteiger partial charge in [-0.1, -0.05) is 42.5 Å². The van der Waals surface area contributed by atoms with Crippen LogP contribution < -0.4 is 5.32 Å². The van der Waals surface area contributed by atoms with Crippen molar-refractivity contribution in [3.63, 3.8) is 0 Å². The summed E-state index contributed by atoms with van der Waals surface area (Å²) in [5.74, 6) is -0.219. The van der Waals surface area contributed by atoms with Crippen LogP contribution in [-0.2, 0) is 13.0 Å². The van der Waals surface area contributed by atoms with E-state index in [1.807, 2.05) is 18.5 Å². The molecule has 0 unspecified atom stereocenters. The van der Waals surface area contributed by atoms with Gasteiger partial charge in [0.15, 0.2) is 0 Å². The first-order valence-electron chi connectivity index (χ1n) is 8.26. The fraction of sp³-hybridized carbons (Fsp3) is 0.190. The second kappa shape index (κ2) is 8.37. The van der Waals surface area contributed by atoms with E-state index < -0.39 is 0 Å². The number of nitrogens with zero attached hydrogens (tertiary/aromatic N) is 1. The molecule has 2 aromatic carbocycles. The van der Waals surface area contributed by atoms with Crippen LogP contribution in [0.3, 0.4) is 0 Å². The molecule has 0 aliphatic carbocycles. The van der Waals surface area contributed by atoms with Crippen LogP contribution >= 0.6 is 0 Å². The molecule has 2 nitrogen and oxygen atoms in total. The van der Waals surface area contributed by atoms with Crippen LogP contribution in [-0.4, -0.2) is 11.5 Å². The largest absolute Gasteiger partial charge is 0.313 e. The maximum atomic E-state index is 13.0. The molecule has 3 heteroatoms. The van der Waals surface area contributed by atoms with Gasteiger partial charge in [-0.25, -0.2) is 4.39 Å². The van der Waals surface area contributed by atoms with Crippen LogP contribution in [0.4, 0.5) is 4.39 Å². The third-order valence-electron chi connectivity index (χ3n) is 3.96. The summed E-state index contributed by atoms with van der Waals surface area (Å²) in [6.07, 6.45) is 5.88. The third-order valence-corrected chi connectivity index (χ3v) is 3.96. The highest BCUT2D eigenvalue weighted by Gasteiger charge is 2.01. The lowest BCUT2D eigenvalue weighted by Gasteiger charge is -2.07. The molecule has 0 amide bonds. The lowest BCUT2D eigenvalue weighted by Crippen LogP contribution is -2.15. The molecule has 0 bridgehead atoms. The maximum Gasteiger partial charge on any atom is 0.123 e. The van der Waals surface area contributed by atoms with Crippen LogP contribution in [0.5, 0.6) is 0 Å². The van der Waals surface area contributed by atoms with Crippen LogP contribution in [0.1, 0.15) is 17.5 Å². The van der Waals surface area contributed by atoms with E-state index in [9.17, 15) is 4.39 Å². The van der Waals surface area contributed by atoms with Gasteiger partial charge in [-0.05, 0) is 54.3 Å². The van der Waals surface area contributed by atoms with Gasteiger partial charge in [0, 0.05) is 24.5 Å². The molecule has 122 valence electrons. The zero-order valence-electron chi connectivity index (χ0n) is 13.6. The number of hydrogen-bond acceptors (Lipinski definition) is 2. The van der Waals surface area contributed by atoms with E-state index in [-0.39, 0.29) is 5.82 Å². The number of benzene rings is 2. The van der Waals surface area contributed by atoms with Gasteiger partial charge in [-0.2, -0.15) is 0 Å². The third kappa shape index (κ3) is 4.74. The molecule has 0 atom stereocenters. The van der Waals surface area contributed by atoms with Gasteiger partial charge in [0.1, 0.15) is 5.82 Å².